The Bertz CT molecular complexity index is 90.4. The summed E-state index contributed by atoms with van der Waals surface area (Å²) in [7, 11) is 0. The normalized spacial score (nSPS) is 14.1. The van der Waals surface area contributed by atoms with Crippen LogP contribution in [0.4, 0.5) is 0 Å². The molecule has 0 rings (SSSR count). The molecule has 0 saturated heterocycles. The fourth-order valence-electron chi connectivity index (χ4n) is 0.262. The first-order valence-corrected chi connectivity index (χ1v) is 3.20. The minimum absolute atomic E-state index is 0.127. The summed E-state index contributed by atoms with van der Waals surface area (Å²) in [6.07, 6.45) is 0. The van der Waals surface area contributed by atoms with Crippen molar-refractivity contribution in [2.24, 2.45) is 5.92 Å². The molecule has 48 valence electrons. The summed E-state index contributed by atoms with van der Waals surface area (Å²) in [6, 6.07) is 0. The highest BCUT2D eigenvalue weighted by molar-refractivity contribution is 6.69. The summed E-state index contributed by atoms with van der Waals surface area (Å²) in [4.78, 5) is 10.2. The zero-order valence-corrected chi connectivity index (χ0v) is 6.33. The van der Waals surface area contributed by atoms with Crippen LogP contribution in [0.5, 0.6) is 0 Å². The van der Waals surface area contributed by atoms with Gasteiger partial charge in [0.05, 0.1) is 0 Å². The molecule has 0 spiro atoms. The fourth-order valence-corrected chi connectivity index (χ4v) is 0.514. The smallest absolute Gasteiger partial charge is 0.239 e. The van der Waals surface area contributed by atoms with Gasteiger partial charge in [-0.25, -0.2) is 0 Å². The average Bonchev–Trinajstić information content (AvgIpc) is 1.64. The molecule has 0 aromatic heterocycles. The van der Waals surface area contributed by atoms with Crippen LogP contribution in [0.1, 0.15) is 13.8 Å². The first kappa shape index (κ1) is 8.25. The quantitative estimate of drug-likeness (QED) is 0.440. The van der Waals surface area contributed by atoms with E-state index in [1.54, 1.807) is 0 Å². The predicted octanol–water partition coefficient (Wildman–Crippen LogP) is 2.02. The maximum atomic E-state index is 10.2. The standard InChI is InChI=1S/C5H8Cl2O/c1-3(2)4(6)5(7)8/h3-4H,1-2H3/t4-/m0/s1. The molecule has 3 heteroatoms. The van der Waals surface area contributed by atoms with Gasteiger partial charge in [-0.1, -0.05) is 13.8 Å². The Hall–Kier alpha value is 0.250. The summed E-state index contributed by atoms with van der Waals surface area (Å²) >= 11 is 10.5. The Morgan fingerprint density at radius 3 is 1.88 bits per heavy atom. The van der Waals surface area contributed by atoms with E-state index in [0.717, 1.165) is 0 Å². The van der Waals surface area contributed by atoms with Crippen LogP contribution in [0.2, 0.25) is 0 Å². The van der Waals surface area contributed by atoms with E-state index in [4.69, 9.17) is 23.2 Å². The third kappa shape index (κ3) is 2.53. The maximum Gasteiger partial charge on any atom is 0.239 e. The Morgan fingerprint density at radius 2 is 1.88 bits per heavy atom. The Morgan fingerprint density at radius 1 is 1.50 bits per heavy atom. The second-order valence-corrected chi connectivity index (χ2v) is 2.79. The van der Waals surface area contributed by atoms with Gasteiger partial charge in [0.2, 0.25) is 5.24 Å². The van der Waals surface area contributed by atoms with Crippen molar-refractivity contribution in [2.45, 2.75) is 19.2 Å². The van der Waals surface area contributed by atoms with Crippen LogP contribution in [0.3, 0.4) is 0 Å². The van der Waals surface area contributed by atoms with Crippen molar-refractivity contribution in [1.29, 1.82) is 0 Å². The Kier molecular flexibility index (Phi) is 3.41. The molecule has 0 aromatic rings. The van der Waals surface area contributed by atoms with Crippen molar-refractivity contribution in [3.05, 3.63) is 0 Å². The van der Waals surface area contributed by atoms with Crippen LogP contribution in [-0.2, 0) is 4.79 Å². The highest BCUT2D eigenvalue weighted by atomic mass is 35.5. The molecule has 0 aliphatic carbocycles. The van der Waals surface area contributed by atoms with Crippen LogP contribution >= 0.6 is 23.2 Å². The molecule has 0 saturated carbocycles. The van der Waals surface area contributed by atoms with Gasteiger partial charge in [-0.15, -0.1) is 11.6 Å². The van der Waals surface area contributed by atoms with Gasteiger partial charge in [0, 0.05) is 0 Å². The molecule has 0 unspecified atom stereocenters. The molecule has 0 aliphatic rings. The summed E-state index contributed by atoms with van der Waals surface area (Å²) in [6.45, 7) is 3.69. The third-order valence-corrected chi connectivity index (χ3v) is 1.85. The molecular weight excluding hydrogens is 147 g/mol. The van der Waals surface area contributed by atoms with Gasteiger partial charge in [-0.3, -0.25) is 4.79 Å². The van der Waals surface area contributed by atoms with E-state index in [0.29, 0.717) is 0 Å². The second kappa shape index (κ2) is 3.31. The molecular formula is C5H8Cl2O. The monoisotopic (exact) mass is 154 g/mol. The van der Waals surface area contributed by atoms with E-state index in [-0.39, 0.29) is 5.92 Å². The van der Waals surface area contributed by atoms with E-state index >= 15 is 0 Å². The lowest BCUT2D eigenvalue weighted by Crippen LogP contribution is -2.14. The van der Waals surface area contributed by atoms with Gasteiger partial charge in [-0.2, -0.15) is 0 Å². The van der Waals surface area contributed by atoms with E-state index < -0.39 is 10.6 Å². The first-order valence-electron chi connectivity index (χ1n) is 2.39. The second-order valence-electron chi connectivity index (χ2n) is 1.95. The molecule has 0 aromatic carbocycles. The average molecular weight is 155 g/mol. The van der Waals surface area contributed by atoms with Gasteiger partial charge in [0.15, 0.2) is 0 Å². The van der Waals surface area contributed by atoms with Gasteiger partial charge in [-0.05, 0) is 17.5 Å². The van der Waals surface area contributed by atoms with E-state index in [2.05, 4.69) is 0 Å². The van der Waals surface area contributed by atoms with Crippen LogP contribution in [0.15, 0.2) is 0 Å². The SMILES string of the molecule is CC(C)[C@H](Cl)C(=O)Cl. The lowest BCUT2D eigenvalue weighted by molar-refractivity contribution is -0.111. The number of alkyl halides is 1. The van der Waals surface area contributed by atoms with Crippen LogP contribution in [0.25, 0.3) is 0 Å². The van der Waals surface area contributed by atoms with Crippen molar-refractivity contribution in [3.8, 4) is 0 Å². The number of rotatable bonds is 2. The van der Waals surface area contributed by atoms with Crippen molar-refractivity contribution in [3.63, 3.8) is 0 Å². The van der Waals surface area contributed by atoms with Gasteiger partial charge in [0.25, 0.3) is 0 Å². The highest BCUT2D eigenvalue weighted by Gasteiger charge is 2.15. The largest absolute Gasteiger partial charge is 0.280 e. The van der Waals surface area contributed by atoms with Crippen LogP contribution in [0, 0.1) is 5.92 Å². The van der Waals surface area contributed by atoms with Crippen molar-refractivity contribution < 1.29 is 4.79 Å². The highest BCUT2D eigenvalue weighted by Crippen LogP contribution is 2.11. The van der Waals surface area contributed by atoms with Gasteiger partial charge in [0.1, 0.15) is 5.38 Å². The summed E-state index contributed by atoms with van der Waals surface area (Å²) in [5.41, 5.74) is 0. The first-order chi connectivity index (χ1) is 3.55. The van der Waals surface area contributed by atoms with Gasteiger partial charge >= 0.3 is 0 Å². The zero-order chi connectivity index (χ0) is 6.73. The molecule has 0 fully saturated rings. The molecule has 1 nitrogen and oxygen atoms in total. The number of hydrogen-bond donors (Lipinski definition) is 0. The molecule has 0 N–H and O–H groups in total. The molecule has 0 amide bonds. The molecule has 1 atom stereocenters. The van der Waals surface area contributed by atoms with Crippen LogP contribution < -0.4 is 0 Å². The van der Waals surface area contributed by atoms with Crippen LogP contribution in [-0.4, -0.2) is 10.6 Å². The minimum Gasteiger partial charge on any atom is -0.280 e. The van der Waals surface area contributed by atoms with E-state index in [1.807, 2.05) is 13.8 Å². The van der Waals surface area contributed by atoms with Crippen molar-refractivity contribution in [2.75, 3.05) is 0 Å². The van der Waals surface area contributed by atoms with E-state index in [9.17, 15) is 4.79 Å². The third-order valence-electron chi connectivity index (χ3n) is 0.802. The lowest BCUT2D eigenvalue weighted by atomic mass is 10.1. The molecule has 0 radical (unpaired) electrons. The lowest BCUT2D eigenvalue weighted by Gasteiger charge is -2.05. The predicted molar refractivity (Wildman–Crippen MR) is 35.3 cm³/mol. The zero-order valence-electron chi connectivity index (χ0n) is 4.82. The van der Waals surface area contributed by atoms with Crippen molar-refractivity contribution >= 4 is 28.4 Å². The number of carbonyl (C=O) groups excluding carboxylic acids is 1. The summed E-state index contributed by atoms with van der Waals surface area (Å²) < 4.78 is 0. The van der Waals surface area contributed by atoms with E-state index in [1.165, 1.54) is 0 Å². The maximum absolute atomic E-state index is 10.2. The number of carbonyl (C=O) groups is 1. The Balaban J connectivity index is 3.64. The minimum atomic E-state index is -0.531. The number of halogens is 2. The molecule has 0 bridgehead atoms. The molecule has 0 heterocycles. The van der Waals surface area contributed by atoms with Crippen molar-refractivity contribution in [1.82, 2.24) is 0 Å². The molecule has 0 aliphatic heterocycles. The Labute approximate surface area is 59.0 Å². The number of hydrogen-bond acceptors (Lipinski definition) is 1. The topological polar surface area (TPSA) is 17.1 Å². The fraction of sp³-hybridized carbons (Fsp3) is 0.800. The summed E-state index contributed by atoms with van der Waals surface area (Å²) in [5.74, 6) is 0.127. The van der Waals surface area contributed by atoms with Gasteiger partial charge < -0.3 is 0 Å². The molecule has 8 heavy (non-hydrogen) atoms. The summed E-state index contributed by atoms with van der Waals surface area (Å²) in [5, 5.41) is -1.00.